The van der Waals surface area contributed by atoms with E-state index in [1.165, 1.54) is 6.92 Å². The van der Waals surface area contributed by atoms with Gasteiger partial charge in [-0.05, 0) is 32.6 Å². The number of carboxylic acid groups (broad SMARTS) is 2. The fourth-order valence-corrected chi connectivity index (χ4v) is 3.33. The highest BCUT2D eigenvalue weighted by Gasteiger charge is 2.38. The molecule has 5 unspecified atom stereocenters. The number of aliphatic hydroxyl groups is 1. The van der Waals surface area contributed by atoms with E-state index < -0.39 is 72.3 Å². The Kier molecular flexibility index (Phi) is 10.7. The van der Waals surface area contributed by atoms with Gasteiger partial charge in [-0.2, -0.15) is 0 Å². The second-order valence-corrected chi connectivity index (χ2v) is 7.85. The quantitative estimate of drug-likeness (QED) is 0.142. The number of hydrogen-bond acceptors (Lipinski definition) is 8. The Morgan fingerprint density at radius 1 is 1.00 bits per heavy atom. The Morgan fingerprint density at radius 3 is 2.09 bits per heavy atom. The van der Waals surface area contributed by atoms with Crippen molar-refractivity contribution in [2.75, 3.05) is 6.54 Å². The van der Waals surface area contributed by atoms with E-state index >= 15 is 0 Å². The number of carbonyl (C=O) groups is 6. The lowest BCUT2D eigenvalue weighted by Crippen LogP contribution is -2.58. The van der Waals surface area contributed by atoms with Crippen LogP contribution in [0, 0.1) is 0 Å². The number of nitrogens with one attached hydrogen (secondary N) is 2. The molecule has 0 aromatic heterocycles. The van der Waals surface area contributed by atoms with Crippen LogP contribution in [0.3, 0.4) is 0 Å². The van der Waals surface area contributed by atoms with Gasteiger partial charge in [0.15, 0.2) is 0 Å². The number of aliphatic carboxylic acids is 2. The van der Waals surface area contributed by atoms with Crippen LogP contribution >= 0.6 is 0 Å². The summed E-state index contributed by atoms with van der Waals surface area (Å²) in [7, 11) is 0. The van der Waals surface area contributed by atoms with Gasteiger partial charge in [-0.3, -0.25) is 24.0 Å². The molecule has 1 fully saturated rings. The molecule has 186 valence electrons. The third-order valence-electron chi connectivity index (χ3n) is 5.22. The standard InChI is InChI=1S/C19H31N5O9/c1-9(25)15(21)17(30)22-10(4-6-13(20)26)16(29)23-11(5-7-14(27)28)18(31)24-8-2-3-12(24)19(32)33/h9-12,15,25H,2-8,21H2,1H3,(H2,20,26)(H,22,30)(H,23,29)(H,27,28)(H,32,33). The molecule has 1 aliphatic rings. The molecule has 14 heteroatoms. The van der Waals surface area contributed by atoms with Crippen LogP contribution in [0.1, 0.15) is 45.4 Å². The van der Waals surface area contributed by atoms with Crippen molar-refractivity contribution in [1.82, 2.24) is 15.5 Å². The molecule has 0 aromatic rings. The smallest absolute Gasteiger partial charge is 0.326 e. The molecule has 1 aliphatic heterocycles. The van der Waals surface area contributed by atoms with E-state index in [1.807, 2.05) is 0 Å². The molecule has 1 rings (SSSR count). The normalized spacial score (nSPS) is 19.1. The first-order valence-electron chi connectivity index (χ1n) is 10.4. The molecule has 0 radical (unpaired) electrons. The maximum absolute atomic E-state index is 13.0. The molecule has 0 saturated carbocycles. The van der Waals surface area contributed by atoms with E-state index in [9.17, 15) is 39.0 Å². The van der Waals surface area contributed by atoms with Gasteiger partial charge >= 0.3 is 11.9 Å². The Bertz CT molecular complexity index is 773. The van der Waals surface area contributed by atoms with Gasteiger partial charge in [-0.1, -0.05) is 0 Å². The summed E-state index contributed by atoms with van der Waals surface area (Å²) in [6.45, 7) is 1.39. The van der Waals surface area contributed by atoms with Crippen molar-refractivity contribution in [2.45, 2.75) is 75.7 Å². The van der Waals surface area contributed by atoms with E-state index in [0.717, 1.165) is 4.90 Å². The fourth-order valence-electron chi connectivity index (χ4n) is 3.33. The SMILES string of the molecule is CC(O)C(N)C(=O)NC(CCC(N)=O)C(=O)NC(CCC(=O)O)C(=O)N1CCCC1C(=O)O. The van der Waals surface area contributed by atoms with Crippen LogP contribution in [0.15, 0.2) is 0 Å². The fraction of sp³-hybridized carbons (Fsp3) is 0.684. The third kappa shape index (κ3) is 8.65. The average Bonchev–Trinajstić information content (AvgIpc) is 3.22. The summed E-state index contributed by atoms with van der Waals surface area (Å²) in [6.07, 6.45) is -1.96. The lowest BCUT2D eigenvalue weighted by atomic mass is 10.1. The maximum atomic E-state index is 13.0. The van der Waals surface area contributed by atoms with Crippen molar-refractivity contribution in [3.63, 3.8) is 0 Å². The zero-order valence-corrected chi connectivity index (χ0v) is 18.2. The van der Waals surface area contributed by atoms with Gasteiger partial charge in [0, 0.05) is 19.4 Å². The predicted octanol–water partition coefficient (Wildman–Crippen LogP) is -3.13. The first-order valence-corrected chi connectivity index (χ1v) is 10.4. The minimum Gasteiger partial charge on any atom is -0.481 e. The highest BCUT2D eigenvalue weighted by Crippen LogP contribution is 2.20. The molecule has 0 aliphatic carbocycles. The molecule has 1 saturated heterocycles. The molecule has 1 heterocycles. The van der Waals surface area contributed by atoms with Crippen molar-refractivity contribution >= 4 is 35.6 Å². The summed E-state index contributed by atoms with van der Waals surface area (Å²) in [5.74, 6) is -5.80. The van der Waals surface area contributed by atoms with Crippen molar-refractivity contribution < 1.29 is 44.1 Å². The summed E-state index contributed by atoms with van der Waals surface area (Å²) in [6, 6.07) is -5.23. The topological polar surface area (TPSA) is 242 Å². The van der Waals surface area contributed by atoms with Crippen molar-refractivity contribution in [2.24, 2.45) is 11.5 Å². The zero-order valence-electron chi connectivity index (χ0n) is 18.2. The highest BCUT2D eigenvalue weighted by atomic mass is 16.4. The van der Waals surface area contributed by atoms with Gasteiger partial charge in [0.05, 0.1) is 6.10 Å². The first-order chi connectivity index (χ1) is 15.3. The number of carbonyl (C=O) groups excluding carboxylic acids is 4. The molecular formula is C19H31N5O9. The molecule has 0 spiro atoms. The molecular weight excluding hydrogens is 442 g/mol. The Morgan fingerprint density at radius 2 is 1.58 bits per heavy atom. The molecule has 14 nitrogen and oxygen atoms in total. The van der Waals surface area contributed by atoms with Crippen LogP contribution in [0.25, 0.3) is 0 Å². The van der Waals surface area contributed by atoms with Crippen LogP contribution in [-0.4, -0.2) is 92.6 Å². The van der Waals surface area contributed by atoms with E-state index in [-0.39, 0.29) is 32.2 Å². The van der Waals surface area contributed by atoms with Gasteiger partial charge in [-0.15, -0.1) is 0 Å². The molecule has 4 amide bonds. The second-order valence-electron chi connectivity index (χ2n) is 7.85. The summed E-state index contributed by atoms with van der Waals surface area (Å²) < 4.78 is 0. The van der Waals surface area contributed by atoms with Gasteiger partial charge in [0.25, 0.3) is 0 Å². The number of primary amides is 1. The number of nitrogens with two attached hydrogens (primary N) is 2. The number of carboxylic acids is 2. The van der Waals surface area contributed by atoms with E-state index in [2.05, 4.69) is 10.6 Å². The number of amides is 4. The number of aliphatic hydroxyl groups excluding tert-OH is 1. The number of hydrogen-bond donors (Lipinski definition) is 7. The van der Waals surface area contributed by atoms with Crippen LogP contribution in [0.5, 0.6) is 0 Å². The molecule has 5 atom stereocenters. The van der Waals surface area contributed by atoms with Gasteiger partial charge in [0.1, 0.15) is 24.2 Å². The van der Waals surface area contributed by atoms with E-state index in [0.29, 0.717) is 6.42 Å². The van der Waals surface area contributed by atoms with Crippen LogP contribution in [0.2, 0.25) is 0 Å². The van der Waals surface area contributed by atoms with Gasteiger partial charge in [-0.25, -0.2) is 4.79 Å². The molecule has 0 aromatic carbocycles. The summed E-state index contributed by atoms with van der Waals surface area (Å²) in [4.78, 5) is 72.7. The molecule has 0 bridgehead atoms. The van der Waals surface area contributed by atoms with E-state index in [4.69, 9.17) is 16.6 Å². The van der Waals surface area contributed by atoms with Crippen molar-refractivity contribution in [1.29, 1.82) is 0 Å². The average molecular weight is 473 g/mol. The number of likely N-dealkylation sites (tertiary alicyclic amines) is 1. The number of nitrogens with zero attached hydrogens (tertiary/aromatic N) is 1. The lowest BCUT2D eigenvalue weighted by Gasteiger charge is -2.29. The minimum absolute atomic E-state index is 0.125. The Labute approximate surface area is 189 Å². The minimum atomic E-state index is -1.38. The highest BCUT2D eigenvalue weighted by molar-refractivity contribution is 5.94. The summed E-state index contributed by atoms with van der Waals surface area (Å²) in [5.41, 5.74) is 10.7. The summed E-state index contributed by atoms with van der Waals surface area (Å²) >= 11 is 0. The molecule has 9 N–H and O–H groups in total. The Hall–Kier alpha value is -3.26. The van der Waals surface area contributed by atoms with Gasteiger partial charge in [0.2, 0.25) is 23.6 Å². The third-order valence-corrected chi connectivity index (χ3v) is 5.22. The maximum Gasteiger partial charge on any atom is 0.326 e. The summed E-state index contributed by atoms with van der Waals surface area (Å²) in [5, 5.41) is 32.4. The Balaban J connectivity index is 3.05. The van der Waals surface area contributed by atoms with Crippen molar-refractivity contribution in [3.8, 4) is 0 Å². The van der Waals surface area contributed by atoms with Gasteiger partial charge < -0.3 is 42.3 Å². The lowest BCUT2D eigenvalue weighted by molar-refractivity contribution is -0.150. The van der Waals surface area contributed by atoms with Crippen LogP contribution in [0.4, 0.5) is 0 Å². The first kappa shape index (κ1) is 27.8. The molecule has 33 heavy (non-hydrogen) atoms. The monoisotopic (exact) mass is 473 g/mol. The van der Waals surface area contributed by atoms with Crippen LogP contribution in [-0.2, 0) is 28.8 Å². The van der Waals surface area contributed by atoms with Crippen molar-refractivity contribution in [3.05, 3.63) is 0 Å². The largest absolute Gasteiger partial charge is 0.481 e. The van der Waals surface area contributed by atoms with Crippen LogP contribution < -0.4 is 22.1 Å². The number of rotatable bonds is 13. The zero-order chi connectivity index (χ0) is 25.3. The second kappa shape index (κ2) is 12.7. The predicted molar refractivity (Wildman–Crippen MR) is 111 cm³/mol. The van der Waals surface area contributed by atoms with E-state index in [1.54, 1.807) is 0 Å².